The van der Waals surface area contributed by atoms with Crippen molar-refractivity contribution in [3.05, 3.63) is 24.2 Å². The van der Waals surface area contributed by atoms with Gasteiger partial charge in [0.05, 0.1) is 19.2 Å². The molecule has 1 aromatic rings. The number of carbonyl (C=O) groups is 3. The normalized spacial score (nSPS) is 19.5. The number of rotatable bonds is 4. The lowest BCUT2D eigenvalue weighted by Gasteiger charge is -2.10. The molecule has 1 fully saturated rings. The molecule has 2 heterocycles. The highest BCUT2D eigenvalue weighted by Crippen LogP contribution is 2.14. The van der Waals surface area contributed by atoms with Crippen LogP contribution in [0.15, 0.2) is 22.8 Å². The summed E-state index contributed by atoms with van der Waals surface area (Å²) in [4.78, 5) is 34.6. The molecule has 17 heavy (non-hydrogen) atoms. The molecule has 7 heteroatoms. The van der Waals surface area contributed by atoms with Gasteiger partial charge in [0.2, 0.25) is 0 Å². The van der Waals surface area contributed by atoms with Gasteiger partial charge in [-0.2, -0.15) is 0 Å². The molecule has 1 aromatic heterocycles. The number of nitrogens with zero attached hydrogens (tertiary/aromatic N) is 1. The third-order valence-electron chi connectivity index (χ3n) is 2.38. The molecule has 1 aliphatic heterocycles. The summed E-state index contributed by atoms with van der Waals surface area (Å²) in [7, 11) is 0. The molecule has 0 bridgehead atoms. The number of aliphatic carboxylic acids is 1. The molecule has 1 unspecified atom stereocenters. The first-order valence-corrected chi connectivity index (χ1v) is 4.94. The van der Waals surface area contributed by atoms with Crippen LogP contribution in [0.1, 0.15) is 12.2 Å². The van der Waals surface area contributed by atoms with Gasteiger partial charge < -0.3 is 14.8 Å². The van der Waals surface area contributed by atoms with Gasteiger partial charge in [-0.15, -0.1) is 0 Å². The molecule has 0 radical (unpaired) electrons. The lowest BCUT2D eigenvalue weighted by atomic mass is 10.2. The Labute approximate surface area is 96.0 Å². The second-order valence-corrected chi connectivity index (χ2v) is 3.60. The molecule has 1 saturated heterocycles. The maximum absolute atomic E-state index is 11.7. The lowest BCUT2D eigenvalue weighted by Crippen LogP contribution is -2.32. The van der Waals surface area contributed by atoms with Crippen LogP contribution >= 0.6 is 0 Å². The van der Waals surface area contributed by atoms with Crippen LogP contribution in [0.4, 0.5) is 4.79 Å². The predicted octanol–water partition coefficient (Wildman–Crippen LogP) is 0.175. The Bertz CT molecular complexity index is 453. The zero-order valence-electron chi connectivity index (χ0n) is 8.75. The molecule has 1 atom stereocenters. The SMILES string of the molecule is O=C(O)CC1NC(=O)N(Cc2ccco2)C1=O. The van der Waals surface area contributed by atoms with Gasteiger partial charge in [0.15, 0.2) is 0 Å². The van der Waals surface area contributed by atoms with E-state index in [4.69, 9.17) is 9.52 Å². The van der Waals surface area contributed by atoms with Crippen LogP contribution < -0.4 is 5.32 Å². The summed E-state index contributed by atoms with van der Waals surface area (Å²) in [6.07, 6.45) is 1.02. The number of carboxylic acid groups (broad SMARTS) is 1. The summed E-state index contributed by atoms with van der Waals surface area (Å²) in [5.41, 5.74) is 0. The van der Waals surface area contributed by atoms with Crippen molar-refractivity contribution in [1.82, 2.24) is 10.2 Å². The molecule has 90 valence electrons. The molecule has 0 saturated carbocycles. The van der Waals surface area contributed by atoms with E-state index >= 15 is 0 Å². The largest absolute Gasteiger partial charge is 0.481 e. The third-order valence-corrected chi connectivity index (χ3v) is 2.38. The minimum absolute atomic E-state index is 0.00772. The standard InChI is InChI=1S/C10H10N2O5/c13-8(14)4-7-9(15)12(10(16)11-7)5-6-2-1-3-17-6/h1-3,7H,4-5H2,(H,11,16)(H,13,14). The number of hydrogen-bond acceptors (Lipinski definition) is 4. The van der Waals surface area contributed by atoms with E-state index in [-0.39, 0.29) is 6.54 Å². The van der Waals surface area contributed by atoms with E-state index in [0.29, 0.717) is 5.76 Å². The Balaban J connectivity index is 2.06. The summed E-state index contributed by atoms with van der Waals surface area (Å²) >= 11 is 0. The van der Waals surface area contributed by atoms with Crippen molar-refractivity contribution in [2.24, 2.45) is 0 Å². The zero-order chi connectivity index (χ0) is 12.4. The van der Waals surface area contributed by atoms with Gasteiger partial charge in [-0.05, 0) is 12.1 Å². The summed E-state index contributed by atoms with van der Waals surface area (Å²) in [5, 5.41) is 10.9. The average Bonchev–Trinajstić information content (AvgIpc) is 2.83. The van der Waals surface area contributed by atoms with Gasteiger partial charge in [-0.25, -0.2) is 4.79 Å². The van der Waals surface area contributed by atoms with E-state index in [9.17, 15) is 14.4 Å². The molecule has 0 aromatic carbocycles. The fourth-order valence-electron chi connectivity index (χ4n) is 1.60. The maximum Gasteiger partial charge on any atom is 0.325 e. The number of amides is 3. The second kappa shape index (κ2) is 4.28. The van der Waals surface area contributed by atoms with E-state index in [1.165, 1.54) is 6.26 Å². The van der Waals surface area contributed by atoms with Crippen molar-refractivity contribution >= 4 is 17.9 Å². The number of nitrogens with one attached hydrogen (secondary N) is 1. The van der Waals surface area contributed by atoms with Gasteiger partial charge >= 0.3 is 12.0 Å². The van der Waals surface area contributed by atoms with Gasteiger partial charge in [0, 0.05) is 0 Å². The van der Waals surface area contributed by atoms with Gasteiger partial charge in [-0.3, -0.25) is 14.5 Å². The van der Waals surface area contributed by atoms with Gasteiger partial charge in [-0.1, -0.05) is 0 Å². The van der Waals surface area contributed by atoms with Crippen LogP contribution in [0.5, 0.6) is 0 Å². The summed E-state index contributed by atoms with van der Waals surface area (Å²) < 4.78 is 5.02. The predicted molar refractivity (Wildman–Crippen MR) is 53.8 cm³/mol. The molecule has 2 rings (SSSR count). The van der Waals surface area contributed by atoms with E-state index in [1.54, 1.807) is 12.1 Å². The van der Waals surface area contributed by atoms with E-state index in [1.807, 2.05) is 0 Å². The van der Waals surface area contributed by atoms with Crippen LogP contribution in [0.3, 0.4) is 0 Å². The molecular formula is C10H10N2O5. The topological polar surface area (TPSA) is 99.8 Å². The van der Waals surface area contributed by atoms with Crippen LogP contribution in [0.2, 0.25) is 0 Å². The first-order chi connectivity index (χ1) is 8.08. The first kappa shape index (κ1) is 11.2. The molecule has 0 spiro atoms. The number of furan rings is 1. The number of imide groups is 1. The van der Waals surface area contributed by atoms with E-state index in [0.717, 1.165) is 4.90 Å². The van der Waals surface area contributed by atoms with Crippen molar-refractivity contribution in [1.29, 1.82) is 0 Å². The molecule has 1 aliphatic rings. The summed E-state index contributed by atoms with van der Waals surface area (Å²) in [5.74, 6) is -1.22. The zero-order valence-corrected chi connectivity index (χ0v) is 8.75. The Kier molecular flexibility index (Phi) is 2.82. The number of urea groups is 1. The molecule has 2 N–H and O–H groups in total. The second-order valence-electron chi connectivity index (χ2n) is 3.60. The van der Waals surface area contributed by atoms with Gasteiger partial charge in [0.25, 0.3) is 5.91 Å². The van der Waals surface area contributed by atoms with Crippen molar-refractivity contribution in [3.8, 4) is 0 Å². The minimum Gasteiger partial charge on any atom is -0.481 e. The Hall–Kier alpha value is -2.31. The quantitative estimate of drug-likeness (QED) is 0.728. The van der Waals surface area contributed by atoms with Gasteiger partial charge in [0.1, 0.15) is 11.8 Å². The summed E-state index contributed by atoms with van der Waals surface area (Å²) in [6, 6.07) is 1.68. The van der Waals surface area contributed by atoms with Crippen LogP contribution in [-0.4, -0.2) is 34.0 Å². The van der Waals surface area contributed by atoms with Crippen molar-refractivity contribution in [3.63, 3.8) is 0 Å². The number of carbonyl (C=O) groups excluding carboxylic acids is 2. The highest BCUT2D eigenvalue weighted by molar-refractivity contribution is 6.05. The first-order valence-electron chi connectivity index (χ1n) is 4.94. The lowest BCUT2D eigenvalue weighted by molar-refractivity contribution is -0.140. The molecule has 0 aliphatic carbocycles. The number of carboxylic acids is 1. The highest BCUT2D eigenvalue weighted by atomic mass is 16.4. The number of hydrogen-bond donors (Lipinski definition) is 2. The maximum atomic E-state index is 11.7. The van der Waals surface area contributed by atoms with Crippen molar-refractivity contribution < 1.29 is 23.9 Å². The Morgan fingerprint density at radius 1 is 1.53 bits per heavy atom. The fourth-order valence-corrected chi connectivity index (χ4v) is 1.60. The van der Waals surface area contributed by atoms with E-state index < -0.39 is 30.4 Å². The van der Waals surface area contributed by atoms with E-state index in [2.05, 4.69) is 5.32 Å². The van der Waals surface area contributed by atoms with Crippen LogP contribution in [0.25, 0.3) is 0 Å². The minimum atomic E-state index is -1.14. The van der Waals surface area contributed by atoms with Crippen molar-refractivity contribution in [2.45, 2.75) is 19.0 Å². The molecule has 3 amide bonds. The van der Waals surface area contributed by atoms with Crippen molar-refractivity contribution in [2.75, 3.05) is 0 Å². The molecule has 7 nitrogen and oxygen atoms in total. The molecular weight excluding hydrogens is 228 g/mol. The monoisotopic (exact) mass is 238 g/mol. The van der Waals surface area contributed by atoms with Crippen LogP contribution in [0, 0.1) is 0 Å². The van der Waals surface area contributed by atoms with Crippen LogP contribution in [-0.2, 0) is 16.1 Å². The summed E-state index contributed by atoms with van der Waals surface area (Å²) in [6.45, 7) is 0.00772. The third kappa shape index (κ3) is 2.27. The highest BCUT2D eigenvalue weighted by Gasteiger charge is 2.39. The Morgan fingerprint density at radius 2 is 2.29 bits per heavy atom. The Morgan fingerprint density at radius 3 is 2.88 bits per heavy atom. The fraction of sp³-hybridized carbons (Fsp3) is 0.300. The smallest absolute Gasteiger partial charge is 0.325 e. The average molecular weight is 238 g/mol.